The van der Waals surface area contributed by atoms with Crippen LogP contribution in [0.1, 0.15) is 17.4 Å². The minimum absolute atomic E-state index is 0.327. The zero-order chi connectivity index (χ0) is 12.7. The molecule has 92 valence electrons. The normalized spacial score (nSPS) is 13.1. The lowest BCUT2D eigenvalue weighted by atomic mass is 10.2. The Morgan fingerprint density at radius 3 is 3.00 bits per heavy atom. The van der Waals surface area contributed by atoms with Gasteiger partial charge in [-0.15, -0.1) is 0 Å². The Balaban J connectivity index is 2.03. The van der Waals surface area contributed by atoms with Crippen LogP contribution in [0.3, 0.4) is 0 Å². The summed E-state index contributed by atoms with van der Waals surface area (Å²) in [4.78, 5) is 11.8. The number of fused-ring (bicyclic) bond motifs is 1. The van der Waals surface area contributed by atoms with Crippen molar-refractivity contribution in [3.05, 3.63) is 40.5 Å². The number of aryl methyl sites for hydroxylation is 1. The van der Waals surface area contributed by atoms with Crippen LogP contribution in [-0.4, -0.2) is 24.7 Å². The Morgan fingerprint density at radius 1 is 1.44 bits per heavy atom. The van der Waals surface area contributed by atoms with Crippen molar-refractivity contribution in [2.75, 3.05) is 0 Å². The lowest BCUT2D eigenvalue weighted by molar-refractivity contribution is 0.761. The van der Waals surface area contributed by atoms with Crippen molar-refractivity contribution in [2.45, 2.75) is 6.04 Å². The monoisotopic (exact) mass is 306 g/mol. The summed E-state index contributed by atoms with van der Waals surface area (Å²) in [6.07, 6.45) is 5.32. The highest BCUT2D eigenvalue weighted by atomic mass is 79.9. The van der Waals surface area contributed by atoms with E-state index >= 15 is 0 Å². The van der Waals surface area contributed by atoms with Crippen molar-refractivity contribution >= 4 is 27.1 Å². The Morgan fingerprint density at radius 2 is 2.28 bits per heavy atom. The molecule has 0 aliphatic rings. The fraction of sp³-hybridized carbons (Fsp3) is 0.182. The number of nitrogens with zero attached hydrogens (tertiary/aromatic N) is 4. The molecule has 1 atom stereocenters. The summed E-state index contributed by atoms with van der Waals surface area (Å²) < 4.78 is 2.62. The van der Waals surface area contributed by atoms with Crippen molar-refractivity contribution in [3.63, 3.8) is 0 Å². The van der Waals surface area contributed by atoms with E-state index in [4.69, 9.17) is 5.73 Å². The fourth-order valence-electron chi connectivity index (χ4n) is 1.80. The molecule has 0 spiro atoms. The van der Waals surface area contributed by atoms with Crippen LogP contribution >= 0.6 is 15.9 Å². The molecule has 0 saturated carbocycles. The molecule has 3 heterocycles. The first-order valence-electron chi connectivity index (χ1n) is 5.39. The Hall–Kier alpha value is -1.73. The molecular weight excluding hydrogens is 296 g/mol. The van der Waals surface area contributed by atoms with Gasteiger partial charge in [0, 0.05) is 29.5 Å². The van der Waals surface area contributed by atoms with E-state index in [0.29, 0.717) is 11.5 Å². The molecule has 3 rings (SSSR count). The van der Waals surface area contributed by atoms with E-state index in [1.165, 1.54) is 0 Å². The molecular formula is C11H11BrN6. The predicted octanol–water partition coefficient (Wildman–Crippen LogP) is 1.50. The molecule has 6 nitrogen and oxygen atoms in total. The minimum atomic E-state index is -0.327. The molecule has 1 unspecified atom stereocenters. The van der Waals surface area contributed by atoms with Gasteiger partial charge in [-0.25, -0.2) is 9.97 Å². The number of imidazole rings is 1. The minimum Gasteiger partial charge on any atom is -0.339 e. The summed E-state index contributed by atoms with van der Waals surface area (Å²) in [5, 5.41) is 4.10. The lowest BCUT2D eigenvalue weighted by Crippen LogP contribution is -2.12. The highest BCUT2D eigenvalue weighted by Crippen LogP contribution is 2.20. The number of H-pyrrole nitrogens is 1. The molecule has 0 aromatic carbocycles. The summed E-state index contributed by atoms with van der Waals surface area (Å²) in [7, 11) is 1.85. The maximum Gasteiger partial charge on any atom is 0.177 e. The van der Waals surface area contributed by atoms with Crippen LogP contribution in [0.5, 0.6) is 0 Å². The van der Waals surface area contributed by atoms with Crippen LogP contribution in [0.2, 0.25) is 0 Å². The molecule has 7 heteroatoms. The number of nitrogens with one attached hydrogen (secondary N) is 1. The van der Waals surface area contributed by atoms with Gasteiger partial charge in [-0.05, 0) is 22.0 Å². The molecule has 0 amide bonds. The highest BCUT2D eigenvalue weighted by molar-refractivity contribution is 9.10. The van der Waals surface area contributed by atoms with Gasteiger partial charge in [0.1, 0.15) is 5.82 Å². The van der Waals surface area contributed by atoms with Crippen LogP contribution < -0.4 is 5.73 Å². The summed E-state index contributed by atoms with van der Waals surface area (Å²) >= 11 is 3.37. The van der Waals surface area contributed by atoms with Crippen LogP contribution in [0.15, 0.2) is 29.1 Å². The first-order valence-corrected chi connectivity index (χ1v) is 6.18. The largest absolute Gasteiger partial charge is 0.339 e. The quantitative estimate of drug-likeness (QED) is 0.751. The number of nitrogens with two attached hydrogens (primary N) is 1. The number of aromatic nitrogens is 5. The van der Waals surface area contributed by atoms with Gasteiger partial charge >= 0.3 is 0 Å². The van der Waals surface area contributed by atoms with E-state index in [1.54, 1.807) is 17.1 Å². The Kier molecular flexibility index (Phi) is 2.64. The van der Waals surface area contributed by atoms with E-state index in [2.05, 4.69) is 36.0 Å². The third-order valence-corrected chi connectivity index (χ3v) is 3.13. The van der Waals surface area contributed by atoms with Crippen molar-refractivity contribution in [3.8, 4) is 0 Å². The van der Waals surface area contributed by atoms with Gasteiger partial charge in [0.15, 0.2) is 5.65 Å². The molecule has 0 saturated heterocycles. The third kappa shape index (κ3) is 1.91. The second kappa shape index (κ2) is 4.18. The SMILES string of the molecule is Cn1cc(C(N)c2nc3ncc(Br)cc3[nH]2)cn1. The second-order valence-electron chi connectivity index (χ2n) is 4.07. The molecule has 18 heavy (non-hydrogen) atoms. The smallest absolute Gasteiger partial charge is 0.177 e. The van der Waals surface area contributed by atoms with Crippen molar-refractivity contribution in [1.29, 1.82) is 0 Å². The van der Waals surface area contributed by atoms with E-state index in [1.807, 2.05) is 19.3 Å². The fourth-order valence-corrected chi connectivity index (χ4v) is 2.13. The van der Waals surface area contributed by atoms with E-state index in [0.717, 1.165) is 15.6 Å². The zero-order valence-corrected chi connectivity index (χ0v) is 11.2. The van der Waals surface area contributed by atoms with Gasteiger partial charge < -0.3 is 10.7 Å². The summed E-state index contributed by atoms with van der Waals surface area (Å²) in [6.45, 7) is 0. The summed E-state index contributed by atoms with van der Waals surface area (Å²) in [5.74, 6) is 0.684. The van der Waals surface area contributed by atoms with Crippen LogP contribution in [0, 0.1) is 0 Å². The number of hydrogen-bond donors (Lipinski definition) is 2. The topological polar surface area (TPSA) is 85.4 Å². The molecule has 0 aliphatic carbocycles. The average molecular weight is 307 g/mol. The molecule has 0 radical (unpaired) electrons. The molecule has 3 aromatic rings. The Labute approximate surface area is 111 Å². The van der Waals surface area contributed by atoms with Gasteiger partial charge in [0.05, 0.1) is 17.8 Å². The van der Waals surface area contributed by atoms with Crippen molar-refractivity contribution in [1.82, 2.24) is 24.7 Å². The second-order valence-corrected chi connectivity index (χ2v) is 4.99. The van der Waals surface area contributed by atoms with E-state index in [-0.39, 0.29) is 6.04 Å². The lowest BCUT2D eigenvalue weighted by Gasteiger charge is -2.04. The van der Waals surface area contributed by atoms with Crippen LogP contribution in [0.4, 0.5) is 0 Å². The maximum absolute atomic E-state index is 6.14. The number of aromatic amines is 1. The summed E-state index contributed by atoms with van der Waals surface area (Å²) in [6, 6.07) is 1.60. The average Bonchev–Trinajstić information content (AvgIpc) is 2.93. The number of rotatable bonds is 2. The number of halogens is 1. The van der Waals surface area contributed by atoms with Gasteiger partial charge in [0.25, 0.3) is 0 Å². The van der Waals surface area contributed by atoms with E-state index < -0.39 is 0 Å². The highest BCUT2D eigenvalue weighted by Gasteiger charge is 2.15. The van der Waals surface area contributed by atoms with Crippen LogP contribution in [0.25, 0.3) is 11.2 Å². The van der Waals surface area contributed by atoms with Crippen molar-refractivity contribution in [2.24, 2.45) is 12.8 Å². The molecule has 3 N–H and O–H groups in total. The Bertz CT molecular complexity index is 700. The maximum atomic E-state index is 6.14. The number of hydrogen-bond acceptors (Lipinski definition) is 4. The molecule has 0 fully saturated rings. The number of pyridine rings is 1. The van der Waals surface area contributed by atoms with E-state index in [9.17, 15) is 0 Å². The third-order valence-electron chi connectivity index (χ3n) is 2.70. The molecule has 3 aromatic heterocycles. The standard InChI is InChI=1S/C11H11BrN6/c1-18-5-6(3-15-18)9(13)11-16-8-2-7(12)4-14-10(8)17-11/h2-5,9H,13H2,1H3,(H,14,16,17). The predicted molar refractivity (Wildman–Crippen MR) is 70.8 cm³/mol. The molecule has 0 bridgehead atoms. The van der Waals surface area contributed by atoms with Gasteiger partial charge in [-0.1, -0.05) is 0 Å². The molecule has 0 aliphatic heterocycles. The first-order chi connectivity index (χ1) is 8.63. The summed E-state index contributed by atoms with van der Waals surface area (Å²) in [5.41, 5.74) is 8.58. The van der Waals surface area contributed by atoms with Crippen LogP contribution in [-0.2, 0) is 7.05 Å². The van der Waals surface area contributed by atoms with Gasteiger partial charge in [-0.3, -0.25) is 4.68 Å². The first kappa shape index (κ1) is 11.4. The van der Waals surface area contributed by atoms with Gasteiger partial charge in [0.2, 0.25) is 0 Å². The van der Waals surface area contributed by atoms with Gasteiger partial charge in [-0.2, -0.15) is 5.10 Å². The zero-order valence-electron chi connectivity index (χ0n) is 9.63. The van der Waals surface area contributed by atoms with Crippen molar-refractivity contribution < 1.29 is 0 Å².